The molecule has 2 aromatic rings. The summed E-state index contributed by atoms with van der Waals surface area (Å²) in [6, 6.07) is 5.70. The maximum absolute atomic E-state index is 13.6. The minimum Gasteiger partial charge on any atom is -0.507 e. The molecule has 2 atom stereocenters. The Hall–Kier alpha value is -2.34. The van der Waals surface area contributed by atoms with Gasteiger partial charge in [0.2, 0.25) is 0 Å². The van der Waals surface area contributed by atoms with E-state index in [1.807, 2.05) is 5.32 Å². The molecule has 4 N–H and O–H groups in total. The molecule has 2 rings (SSSR count). The van der Waals surface area contributed by atoms with Crippen molar-refractivity contribution < 1.29 is 41.7 Å². The van der Waals surface area contributed by atoms with Crippen molar-refractivity contribution in [3.8, 4) is 5.75 Å². The first kappa shape index (κ1) is 24.9. The topological polar surface area (TPSA) is 124 Å². The number of aliphatic hydroxyl groups excluding tert-OH is 1. The maximum atomic E-state index is 13.6. The Labute approximate surface area is 181 Å². The van der Waals surface area contributed by atoms with Gasteiger partial charge in [-0.1, -0.05) is 29.8 Å². The average molecular weight is 482 g/mol. The van der Waals surface area contributed by atoms with Crippen molar-refractivity contribution in [2.24, 2.45) is 0 Å². The van der Waals surface area contributed by atoms with Crippen molar-refractivity contribution in [1.29, 1.82) is 0 Å². The van der Waals surface area contributed by atoms with Gasteiger partial charge in [0, 0.05) is 5.02 Å². The Morgan fingerprint density at radius 2 is 1.81 bits per heavy atom. The highest BCUT2D eigenvalue weighted by Crippen LogP contribution is 2.42. The standard InChI is InChI=1S/C19H19ClF3NO6S/c1-18(28,19(21,22)23)16(24-17(27)13-4-2-3-5-15(13)26)12-7-6-11(10-14(12)20)31(29,30)9-8-25/h2-7,10,16,25-26,28H,8-9H2,1H3,(H,24,27). The molecule has 2 aromatic carbocycles. The summed E-state index contributed by atoms with van der Waals surface area (Å²) in [7, 11) is -3.95. The summed E-state index contributed by atoms with van der Waals surface area (Å²) < 4.78 is 64.9. The van der Waals surface area contributed by atoms with E-state index in [0.29, 0.717) is 6.92 Å². The quantitative estimate of drug-likeness (QED) is 0.482. The van der Waals surface area contributed by atoms with Crippen LogP contribution < -0.4 is 5.32 Å². The normalized spacial score (nSPS) is 15.2. The van der Waals surface area contributed by atoms with Gasteiger partial charge in [0.15, 0.2) is 15.4 Å². The summed E-state index contributed by atoms with van der Waals surface area (Å²) >= 11 is 6.04. The number of sulfone groups is 1. The van der Waals surface area contributed by atoms with Gasteiger partial charge < -0.3 is 20.6 Å². The zero-order valence-corrected chi connectivity index (χ0v) is 17.6. The van der Waals surface area contributed by atoms with Crippen LogP contribution in [0.2, 0.25) is 5.02 Å². The maximum Gasteiger partial charge on any atom is 0.419 e. The molecule has 1 amide bonds. The molecular formula is C19H19ClF3NO6S. The Kier molecular flexibility index (Phi) is 7.26. The number of nitrogens with one attached hydrogen (secondary N) is 1. The Balaban J connectivity index is 2.56. The molecule has 0 spiro atoms. The van der Waals surface area contributed by atoms with Gasteiger partial charge in [0.25, 0.3) is 5.91 Å². The van der Waals surface area contributed by atoms with E-state index in [4.69, 9.17) is 16.7 Å². The van der Waals surface area contributed by atoms with E-state index < -0.39 is 62.3 Å². The zero-order valence-electron chi connectivity index (χ0n) is 16.0. The number of rotatable bonds is 7. The molecule has 0 aliphatic rings. The van der Waals surface area contributed by atoms with Gasteiger partial charge in [0.1, 0.15) is 5.75 Å². The van der Waals surface area contributed by atoms with E-state index in [1.54, 1.807) is 0 Å². The number of aliphatic hydroxyl groups is 2. The van der Waals surface area contributed by atoms with Gasteiger partial charge >= 0.3 is 6.18 Å². The lowest BCUT2D eigenvalue weighted by atomic mass is 9.89. The molecule has 0 fully saturated rings. The van der Waals surface area contributed by atoms with Crippen LogP contribution in [0.1, 0.15) is 28.9 Å². The molecular weight excluding hydrogens is 463 g/mol. The summed E-state index contributed by atoms with van der Waals surface area (Å²) in [6.45, 7) is -0.251. The van der Waals surface area contributed by atoms with Crippen molar-refractivity contribution in [3.05, 3.63) is 58.6 Å². The van der Waals surface area contributed by atoms with E-state index in [0.717, 1.165) is 30.3 Å². The highest BCUT2D eigenvalue weighted by atomic mass is 35.5. The SMILES string of the molecule is CC(O)(C(NC(=O)c1ccccc1O)c1ccc(S(=O)(=O)CCO)cc1Cl)C(F)(F)F. The monoisotopic (exact) mass is 481 g/mol. The second-order valence-corrected chi connectivity index (χ2v) is 9.31. The number of benzene rings is 2. The van der Waals surface area contributed by atoms with E-state index >= 15 is 0 Å². The van der Waals surface area contributed by atoms with Crippen LogP contribution in [0.4, 0.5) is 13.2 Å². The second-order valence-electron chi connectivity index (χ2n) is 6.79. The molecule has 12 heteroatoms. The number of amides is 1. The van der Waals surface area contributed by atoms with Crippen molar-refractivity contribution >= 4 is 27.3 Å². The number of aromatic hydroxyl groups is 1. The molecule has 2 unspecified atom stereocenters. The van der Waals surface area contributed by atoms with Crippen LogP contribution in [-0.2, 0) is 9.84 Å². The molecule has 7 nitrogen and oxygen atoms in total. The summed E-state index contributed by atoms with van der Waals surface area (Å²) in [5.41, 5.74) is -4.26. The van der Waals surface area contributed by atoms with E-state index in [-0.39, 0.29) is 10.5 Å². The Morgan fingerprint density at radius 3 is 2.32 bits per heavy atom. The van der Waals surface area contributed by atoms with Crippen LogP contribution in [0.25, 0.3) is 0 Å². The largest absolute Gasteiger partial charge is 0.507 e. The van der Waals surface area contributed by atoms with Gasteiger partial charge in [-0.15, -0.1) is 0 Å². The molecule has 0 heterocycles. The fourth-order valence-electron chi connectivity index (χ4n) is 2.73. The molecule has 0 saturated carbocycles. The van der Waals surface area contributed by atoms with Gasteiger partial charge in [0.05, 0.1) is 28.9 Å². The predicted octanol–water partition coefficient (Wildman–Crippen LogP) is 2.60. The van der Waals surface area contributed by atoms with E-state index in [2.05, 4.69) is 0 Å². The summed E-state index contributed by atoms with van der Waals surface area (Å²) in [6.07, 6.45) is -5.21. The lowest BCUT2D eigenvalue weighted by molar-refractivity contribution is -0.263. The number of phenols is 1. The average Bonchev–Trinajstić information content (AvgIpc) is 2.65. The number of hydrogen-bond donors (Lipinski definition) is 4. The van der Waals surface area contributed by atoms with Crippen molar-refractivity contribution in [2.45, 2.75) is 29.6 Å². The lowest BCUT2D eigenvalue weighted by Gasteiger charge is -2.36. The zero-order chi connectivity index (χ0) is 23.6. The fourth-order valence-corrected chi connectivity index (χ4v) is 4.14. The lowest BCUT2D eigenvalue weighted by Crippen LogP contribution is -2.53. The van der Waals surface area contributed by atoms with Crippen LogP contribution in [0.15, 0.2) is 47.4 Å². The summed E-state index contributed by atoms with van der Waals surface area (Å²) in [5.74, 6) is -2.25. The number of para-hydroxylation sites is 1. The fraction of sp³-hybridized carbons (Fsp3) is 0.316. The first-order valence-corrected chi connectivity index (χ1v) is 10.8. The van der Waals surface area contributed by atoms with Crippen LogP contribution in [0, 0.1) is 0 Å². The molecule has 170 valence electrons. The molecule has 0 bridgehead atoms. The van der Waals surface area contributed by atoms with Crippen molar-refractivity contribution in [2.75, 3.05) is 12.4 Å². The molecule has 0 aliphatic carbocycles. The Morgan fingerprint density at radius 1 is 1.19 bits per heavy atom. The van der Waals surface area contributed by atoms with Crippen molar-refractivity contribution in [1.82, 2.24) is 5.32 Å². The highest BCUT2D eigenvalue weighted by molar-refractivity contribution is 7.91. The minimum absolute atomic E-state index is 0.344. The predicted molar refractivity (Wildman–Crippen MR) is 106 cm³/mol. The number of halogens is 4. The van der Waals surface area contributed by atoms with Gasteiger partial charge in [-0.3, -0.25) is 4.79 Å². The van der Waals surface area contributed by atoms with Crippen molar-refractivity contribution in [3.63, 3.8) is 0 Å². The van der Waals surface area contributed by atoms with E-state index in [9.17, 15) is 36.6 Å². The van der Waals surface area contributed by atoms with Crippen LogP contribution in [0.3, 0.4) is 0 Å². The van der Waals surface area contributed by atoms with Gasteiger partial charge in [-0.05, 0) is 36.8 Å². The summed E-state index contributed by atoms with van der Waals surface area (Å²) in [5, 5.41) is 30.5. The number of phenolic OH excluding ortho intramolecular Hbond substituents is 1. The molecule has 0 saturated heterocycles. The van der Waals surface area contributed by atoms with Gasteiger partial charge in [-0.25, -0.2) is 8.42 Å². The van der Waals surface area contributed by atoms with Crippen LogP contribution >= 0.6 is 11.6 Å². The molecule has 0 radical (unpaired) electrons. The minimum atomic E-state index is -5.21. The smallest absolute Gasteiger partial charge is 0.419 e. The second kappa shape index (κ2) is 9.03. The first-order chi connectivity index (χ1) is 14.2. The number of alkyl halides is 3. The summed E-state index contributed by atoms with van der Waals surface area (Å²) in [4.78, 5) is 12.2. The first-order valence-electron chi connectivity index (χ1n) is 8.73. The third kappa shape index (κ3) is 5.29. The van der Waals surface area contributed by atoms with Crippen LogP contribution in [-0.4, -0.2) is 53.8 Å². The third-order valence-corrected chi connectivity index (χ3v) is 6.58. The Bertz CT molecular complexity index is 1070. The molecule has 31 heavy (non-hydrogen) atoms. The number of carbonyl (C=O) groups excluding carboxylic acids is 1. The number of hydrogen-bond acceptors (Lipinski definition) is 6. The third-order valence-electron chi connectivity index (χ3n) is 4.56. The van der Waals surface area contributed by atoms with Gasteiger partial charge in [-0.2, -0.15) is 13.2 Å². The molecule has 0 aromatic heterocycles. The van der Waals surface area contributed by atoms with Crippen LogP contribution in [0.5, 0.6) is 5.75 Å². The van der Waals surface area contributed by atoms with E-state index in [1.165, 1.54) is 12.1 Å². The molecule has 0 aliphatic heterocycles. The number of carbonyl (C=O) groups is 1. The highest BCUT2D eigenvalue weighted by Gasteiger charge is 2.56.